The average molecular weight is 201 g/mol. The molecule has 6 nitrogen and oxygen atoms in total. The molecular formula is C9H7N5O. The SMILES string of the molecule is O=C(Nc1ncccn1)c1ccncn1. The number of hydrogen-bond donors (Lipinski definition) is 1. The highest BCUT2D eigenvalue weighted by Gasteiger charge is 2.07. The lowest BCUT2D eigenvalue weighted by atomic mass is 10.4. The molecule has 0 aliphatic carbocycles. The van der Waals surface area contributed by atoms with Crippen LogP contribution in [0.25, 0.3) is 0 Å². The quantitative estimate of drug-likeness (QED) is 0.766. The minimum atomic E-state index is -0.358. The van der Waals surface area contributed by atoms with Crippen LogP contribution in [-0.2, 0) is 0 Å². The van der Waals surface area contributed by atoms with E-state index in [4.69, 9.17) is 0 Å². The lowest BCUT2D eigenvalue weighted by Crippen LogP contribution is -2.15. The summed E-state index contributed by atoms with van der Waals surface area (Å²) in [5.41, 5.74) is 0.275. The van der Waals surface area contributed by atoms with E-state index in [0.29, 0.717) is 0 Å². The van der Waals surface area contributed by atoms with Gasteiger partial charge in [0.2, 0.25) is 5.95 Å². The first-order chi connectivity index (χ1) is 7.36. The molecule has 2 aromatic rings. The van der Waals surface area contributed by atoms with Crippen LogP contribution >= 0.6 is 0 Å². The molecule has 0 saturated carbocycles. The van der Waals surface area contributed by atoms with E-state index in [9.17, 15) is 4.79 Å². The molecule has 0 fully saturated rings. The predicted molar refractivity (Wildman–Crippen MR) is 52.0 cm³/mol. The Morgan fingerprint density at radius 1 is 1.13 bits per heavy atom. The van der Waals surface area contributed by atoms with Crippen LogP contribution in [0.2, 0.25) is 0 Å². The predicted octanol–water partition coefficient (Wildman–Crippen LogP) is 0.519. The number of carbonyl (C=O) groups excluding carboxylic acids is 1. The van der Waals surface area contributed by atoms with Gasteiger partial charge >= 0.3 is 0 Å². The zero-order valence-electron chi connectivity index (χ0n) is 7.66. The maximum absolute atomic E-state index is 11.5. The van der Waals surface area contributed by atoms with Crippen molar-refractivity contribution in [3.05, 3.63) is 42.7 Å². The van der Waals surface area contributed by atoms with Gasteiger partial charge in [0.1, 0.15) is 12.0 Å². The fourth-order valence-corrected chi connectivity index (χ4v) is 0.954. The maximum Gasteiger partial charge on any atom is 0.276 e. The van der Waals surface area contributed by atoms with Crippen LogP contribution in [0.4, 0.5) is 5.95 Å². The lowest BCUT2D eigenvalue weighted by molar-refractivity contribution is 0.102. The molecule has 0 unspecified atom stereocenters. The molecule has 0 bridgehead atoms. The third-order valence-corrected chi connectivity index (χ3v) is 1.61. The van der Waals surface area contributed by atoms with Crippen LogP contribution in [0.15, 0.2) is 37.1 Å². The number of nitrogens with zero attached hydrogens (tertiary/aromatic N) is 4. The molecule has 2 rings (SSSR count). The molecule has 1 N–H and O–H groups in total. The highest BCUT2D eigenvalue weighted by Crippen LogP contribution is 1.98. The Morgan fingerprint density at radius 2 is 1.93 bits per heavy atom. The van der Waals surface area contributed by atoms with E-state index in [1.54, 1.807) is 18.5 Å². The summed E-state index contributed by atoms with van der Waals surface area (Å²) in [6.07, 6.45) is 5.89. The van der Waals surface area contributed by atoms with Crippen molar-refractivity contribution in [2.75, 3.05) is 5.32 Å². The number of carbonyl (C=O) groups is 1. The topological polar surface area (TPSA) is 80.7 Å². The van der Waals surface area contributed by atoms with Gasteiger partial charge in [0.05, 0.1) is 0 Å². The standard InChI is InChI=1S/C9H7N5O/c15-8(7-2-5-10-6-13-7)14-9-11-3-1-4-12-9/h1-6H,(H,11,12,14,15). The molecule has 0 aliphatic heterocycles. The zero-order valence-corrected chi connectivity index (χ0v) is 7.66. The van der Waals surface area contributed by atoms with Crippen LogP contribution in [0.5, 0.6) is 0 Å². The Morgan fingerprint density at radius 3 is 2.60 bits per heavy atom. The molecule has 1 amide bonds. The lowest BCUT2D eigenvalue weighted by Gasteiger charge is -2.00. The Bertz CT molecular complexity index is 445. The van der Waals surface area contributed by atoms with Crippen molar-refractivity contribution in [2.45, 2.75) is 0 Å². The number of rotatable bonds is 2. The van der Waals surface area contributed by atoms with Crippen LogP contribution in [-0.4, -0.2) is 25.8 Å². The number of hydrogen-bond acceptors (Lipinski definition) is 5. The average Bonchev–Trinajstić information content (AvgIpc) is 2.31. The molecule has 0 atom stereocenters. The minimum absolute atomic E-state index is 0.251. The molecule has 0 radical (unpaired) electrons. The summed E-state index contributed by atoms with van der Waals surface area (Å²) in [6, 6.07) is 3.18. The van der Waals surface area contributed by atoms with Gasteiger partial charge in [-0.05, 0) is 12.1 Å². The first kappa shape index (κ1) is 9.20. The number of anilines is 1. The summed E-state index contributed by atoms with van der Waals surface area (Å²) in [6.45, 7) is 0. The largest absolute Gasteiger partial charge is 0.289 e. The second kappa shape index (κ2) is 4.23. The van der Waals surface area contributed by atoms with Crippen molar-refractivity contribution in [3.63, 3.8) is 0 Å². The molecule has 0 saturated heterocycles. The smallest absolute Gasteiger partial charge is 0.276 e. The van der Waals surface area contributed by atoms with Crippen molar-refractivity contribution >= 4 is 11.9 Å². The van der Waals surface area contributed by atoms with Gasteiger partial charge in [-0.1, -0.05) is 0 Å². The Hall–Kier alpha value is -2.37. The van der Waals surface area contributed by atoms with E-state index < -0.39 is 0 Å². The third kappa shape index (κ3) is 2.31. The first-order valence-electron chi connectivity index (χ1n) is 4.20. The molecule has 74 valence electrons. The summed E-state index contributed by atoms with van der Waals surface area (Å²) in [7, 11) is 0. The van der Waals surface area contributed by atoms with Crippen molar-refractivity contribution in [1.82, 2.24) is 19.9 Å². The van der Waals surface area contributed by atoms with E-state index in [0.717, 1.165) is 0 Å². The minimum Gasteiger partial charge on any atom is -0.289 e. The molecule has 2 heterocycles. The van der Waals surface area contributed by atoms with Crippen molar-refractivity contribution < 1.29 is 4.79 Å². The molecule has 6 heteroatoms. The van der Waals surface area contributed by atoms with Crippen LogP contribution in [0.1, 0.15) is 10.5 Å². The van der Waals surface area contributed by atoms with E-state index >= 15 is 0 Å². The molecule has 15 heavy (non-hydrogen) atoms. The summed E-state index contributed by atoms with van der Waals surface area (Å²) in [5, 5.41) is 2.51. The van der Waals surface area contributed by atoms with Crippen LogP contribution < -0.4 is 5.32 Å². The number of amides is 1. The second-order valence-electron chi connectivity index (χ2n) is 2.62. The van der Waals surface area contributed by atoms with Crippen LogP contribution in [0.3, 0.4) is 0 Å². The van der Waals surface area contributed by atoms with Crippen molar-refractivity contribution in [2.24, 2.45) is 0 Å². The van der Waals surface area contributed by atoms with E-state index in [1.165, 1.54) is 18.6 Å². The van der Waals surface area contributed by atoms with E-state index in [2.05, 4.69) is 25.3 Å². The summed E-state index contributed by atoms with van der Waals surface area (Å²) in [4.78, 5) is 26.8. The molecule has 0 aromatic carbocycles. The van der Waals surface area contributed by atoms with Gasteiger partial charge in [0, 0.05) is 18.6 Å². The normalized spacial score (nSPS) is 9.60. The zero-order chi connectivity index (χ0) is 10.5. The Labute approximate surface area is 85.4 Å². The third-order valence-electron chi connectivity index (χ3n) is 1.61. The molecule has 2 aromatic heterocycles. The van der Waals surface area contributed by atoms with Crippen molar-refractivity contribution in [1.29, 1.82) is 0 Å². The monoisotopic (exact) mass is 201 g/mol. The van der Waals surface area contributed by atoms with Gasteiger partial charge in [0.25, 0.3) is 5.91 Å². The van der Waals surface area contributed by atoms with Gasteiger partial charge in [-0.2, -0.15) is 0 Å². The van der Waals surface area contributed by atoms with Gasteiger partial charge in [-0.3, -0.25) is 10.1 Å². The Balaban J connectivity index is 2.12. The van der Waals surface area contributed by atoms with Crippen molar-refractivity contribution in [3.8, 4) is 0 Å². The maximum atomic E-state index is 11.5. The van der Waals surface area contributed by atoms with Gasteiger partial charge in [-0.15, -0.1) is 0 Å². The Kier molecular flexibility index (Phi) is 2.59. The summed E-state index contributed by atoms with van der Waals surface area (Å²) >= 11 is 0. The first-order valence-corrected chi connectivity index (χ1v) is 4.20. The molecule has 0 aliphatic rings. The van der Waals surface area contributed by atoms with Gasteiger partial charge in [-0.25, -0.2) is 19.9 Å². The molecule has 0 spiro atoms. The van der Waals surface area contributed by atoms with E-state index in [1.807, 2.05) is 0 Å². The van der Waals surface area contributed by atoms with Gasteiger partial charge < -0.3 is 0 Å². The van der Waals surface area contributed by atoms with Gasteiger partial charge in [0.15, 0.2) is 0 Å². The molecular weight excluding hydrogens is 194 g/mol. The second-order valence-corrected chi connectivity index (χ2v) is 2.62. The number of nitrogens with one attached hydrogen (secondary N) is 1. The fraction of sp³-hybridized carbons (Fsp3) is 0. The fourth-order valence-electron chi connectivity index (χ4n) is 0.954. The van der Waals surface area contributed by atoms with Crippen LogP contribution in [0, 0.1) is 0 Å². The highest BCUT2D eigenvalue weighted by molar-refractivity contribution is 6.01. The summed E-state index contributed by atoms with van der Waals surface area (Å²) < 4.78 is 0. The number of aromatic nitrogens is 4. The summed E-state index contributed by atoms with van der Waals surface area (Å²) in [5.74, 6) is -0.107. The van der Waals surface area contributed by atoms with E-state index in [-0.39, 0.29) is 17.5 Å². The highest BCUT2D eigenvalue weighted by atomic mass is 16.2.